The number of rotatable bonds is 5. The summed E-state index contributed by atoms with van der Waals surface area (Å²) < 4.78 is 6.12. The molecule has 0 spiro atoms. The van der Waals surface area contributed by atoms with Crippen LogP contribution in [0.1, 0.15) is 11.5 Å². The van der Waals surface area contributed by atoms with Crippen molar-refractivity contribution >= 4 is 21.8 Å². The molecule has 6 nitrogen and oxygen atoms in total. The van der Waals surface area contributed by atoms with E-state index in [0.29, 0.717) is 18.1 Å². The van der Waals surface area contributed by atoms with E-state index < -0.39 is 0 Å². The van der Waals surface area contributed by atoms with Gasteiger partial charge in [-0.3, -0.25) is 9.78 Å². The molecule has 0 bridgehead atoms. The molecule has 0 aliphatic heterocycles. The molecule has 2 aromatic heterocycles. The summed E-state index contributed by atoms with van der Waals surface area (Å²) in [5.41, 5.74) is 1.75. The lowest BCUT2D eigenvalue weighted by atomic mass is 10.1. The highest BCUT2D eigenvalue weighted by atomic mass is 79.9. The van der Waals surface area contributed by atoms with Crippen LogP contribution in [0.2, 0.25) is 0 Å². The maximum atomic E-state index is 11.9. The van der Waals surface area contributed by atoms with Gasteiger partial charge in [0.2, 0.25) is 17.6 Å². The minimum absolute atomic E-state index is 0.101. The van der Waals surface area contributed by atoms with E-state index in [1.165, 1.54) is 0 Å². The molecule has 1 amide bonds. The minimum atomic E-state index is -0.101. The number of pyridine rings is 1. The van der Waals surface area contributed by atoms with E-state index in [9.17, 15) is 4.79 Å². The molecule has 1 N–H and O–H groups in total. The Morgan fingerprint density at radius 1 is 1.13 bits per heavy atom. The summed E-state index contributed by atoms with van der Waals surface area (Å²) in [7, 11) is 0. The van der Waals surface area contributed by atoms with Crippen LogP contribution in [0.25, 0.3) is 11.4 Å². The van der Waals surface area contributed by atoms with Crippen molar-refractivity contribution in [1.82, 2.24) is 20.4 Å². The second-order valence-corrected chi connectivity index (χ2v) is 5.74. The molecule has 0 fully saturated rings. The van der Waals surface area contributed by atoms with Crippen molar-refractivity contribution in [2.45, 2.75) is 13.0 Å². The molecule has 116 valence electrons. The molecule has 7 heteroatoms. The number of hydrogen-bond donors (Lipinski definition) is 1. The summed E-state index contributed by atoms with van der Waals surface area (Å²) in [4.78, 5) is 20.1. The number of amides is 1. The molecule has 0 aliphatic carbocycles. The summed E-state index contributed by atoms with van der Waals surface area (Å²) in [5, 5.41) is 6.66. The fourth-order valence-corrected chi connectivity index (χ4v) is 2.23. The Labute approximate surface area is 141 Å². The van der Waals surface area contributed by atoms with Gasteiger partial charge in [-0.15, -0.1) is 0 Å². The number of carbonyl (C=O) groups is 1. The number of carbonyl (C=O) groups excluding carboxylic acids is 1. The quantitative estimate of drug-likeness (QED) is 0.744. The maximum Gasteiger partial charge on any atom is 0.246 e. The van der Waals surface area contributed by atoms with Gasteiger partial charge in [-0.1, -0.05) is 33.2 Å². The summed E-state index contributed by atoms with van der Waals surface area (Å²) >= 11 is 3.36. The Morgan fingerprint density at radius 2 is 1.87 bits per heavy atom. The normalized spacial score (nSPS) is 10.5. The maximum absolute atomic E-state index is 11.9. The first-order valence-corrected chi connectivity index (χ1v) is 7.74. The average Bonchev–Trinajstić information content (AvgIpc) is 3.05. The van der Waals surface area contributed by atoms with Crippen molar-refractivity contribution in [3.8, 4) is 11.4 Å². The van der Waals surface area contributed by atoms with Crippen molar-refractivity contribution in [2.75, 3.05) is 0 Å². The number of aromatic nitrogens is 3. The molecule has 3 aromatic rings. The van der Waals surface area contributed by atoms with E-state index in [-0.39, 0.29) is 12.5 Å². The third-order valence-electron chi connectivity index (χ3n) is 3.12. The third-order valence-corrected chi connectivity index (χ3v) is 3.65. The first-order valence-electron chi connectivity index (χ1n) is 6.95. The van der Waals surface area contributed by atoms with E-state index in [2.05, 4.69) is 36.4 Å². The van der Waals surface area contributed by atoms with Gasteiger partial charge in [-0.2, -0.15) is 4.98 Å². The van der Waals surface area contributed by atoms with Crippen molar-refractivity contribution in [3.05, 3.63) is 64.7 Å². The fraction of sp³-hybridized carbons (Fsp3) is 0.125. The molecule has 0 saturated carbocycles. The van der Waals surface area contributed by atoms with Gasteiger partial charge in [0.15, 0.2) is 0 Å². The van der Waals surface area contributed by atoms with Crippen LogP contribution in [0.4, 0.5) is 0 Å². The topological polar surface area (TPSA) is 80.9 Å². The van der Waals surface area contributed by atoms with Crippen LogP contribution in [-0.4, -0.2) is 21.0 Å². The molecule has 0 aliphatic rings. The second kappa shape index (κ2) is 7.15. The van der Waals surface area contributed by atoms with Crippen molar-refractivity contribution in [2.24, 2.45) is 0 Å². The molecule has 0 radical (unpaired) electrons. The van der Waals surface area contributed by atoms with Crippen LogP contribution in [0.3, 0.4) is 0 Å². The summed E-state index contributed by atoms with van der Waals surface area (Å²) in [6.07, 6.45) is 3.62. The summed E-state index contributed by atoms with van der Waals surface area (Å²) in [6, 6.07) is 11.2. The zero-order valence-corrected chi connectivity index (χ0v) is 13.7. The molecule has 23 heavy (non-hydrogen) atoms. The van der Waals surface area contributed by atoms with Crippen molar-refractivity contribution < 1.29 is 9.32 Å². The molecule has 3 rings (SSSR count). The smallest absolute Gasteiger partial charge is 0.246 e. The Kier molecular flexibility index (Phi) is 4.77. The molecule has 0 atom stereocenters. The second-order valence-electron chi connectivity index (χ2n) is 4.83. The lowest BCUT2D eigenvalue weighted by Gasteiger charge is -2.02. The van der Waals surface area contributed by atoms with Gasteiger partial charge in [0.1, 0.15) is 0 Å². The van der Waals surface area contributed by atoms with Gasteiger partial charge in [-0.25, -0.2) is 0 Å². The fourth-order valence-electron chi connectivity index (χ4n) is 1.97. The van der Waals surface area contributed by atoms with Crippen molar-refractivity contribution in [3.63, 3.8) is 0 Å². The van der Waals surface area contributed by atoms with Gasteiger partial charge < -0.3 is 9.84 Å². The zero-order chi connectivity index (χ0) is 16.1. The summed E-state index contributed by atoms with van der Waals surface area (Å²) in [6.45, 7) is 0.202. The summed E-state index contributed by atoms with van der Waals surface area (Å²) in [5.74, 6) is 0.738. The van der Waals surface area contributed by atoms with Gasteiger partial charge >= 0.3 is 0 Å². The number of hydrogen-bond acceptors (Lipinski definition) is 5. The minimum Gasteiger partial charge on any atom is -0.347 e. The predicted molar refractivity (Wildman–Crippen MR) is 87.2 cm³/mol. The van der Waals surface area contributed by atoms with Crippen LogP contribution in [-0.2, 0) is 17.8 Å². The Morgan fingerprint density at radius 3 is 2.61 bits per heavy atom. The van der Waals surface area contributed by atoms with Crippen molar-refractivity contribution in [1.29, 1.82) is 0 Å². The number of nitrogens with one attached hydrogen (secondary N) is 1. The SMILES string of the molecule is O=C(Cc1ccc(Br)cc1)NCc1nc(-c2ccncc2)no1. The first kappa shape index (κ1) is 15.4. The van der Waals surface area contributed by atoms with Gasteiger partial charge in [0.05, 0.1) is 13.0 Å². The predicted octanol–water partition coefficient (Wildman–Crippen LogP) is 2.75. The van der Waals surface area contributed by atoms with E-state index in [1.54, 1.807) is 24.5 Å². The van der Waals surface area contributed by atoms with Gasteiger partial charge in [-0.05, 0) is 29.8 Å². The monoisotopic (exact) mass is 372 g/mol. The molecule has 2 heterocycles. The molecule has 0 saturated heterocycles. The average molecular weight is 373 g/mol. The van der Waals surface area contributed by atoms with Crippen LogP contribution in [0.15, 0.2) is 57.8 Å². The highest BCUT2D eigenvalue weighted by molar-refractivity contribution is 9.10. The third kappa shape index (κ3) is 4.23. The molecular weight excluding hydrogens is 360 g/mol. The lowest BCUT2D eigenvalue weighted by molar-refractivity contribution is -0.120. The van der Waals surface area contributed by atoms with E-state index in [4.69, 9.17) is 4.52 Å². The largest absolute Gasteiger partial charge is 0.347 e. The number of benzene rings is 1. The lowest BCUT2D eigenvalue weighted by Crippen LogP contribution is -2.24. The Hall–Kier alpha value is -2.54. The van der Waals surface area contributed by atoms with Crippen LogP contribution >= 0.6 is 15.9 Å². The number of halogens is 1. The molecular formula is C16H13BrN4O2. The standard InChI is InChI=1S/C16H13BrN4O2/c17-13-3-1-11(2-4-13)9-14(22)19-10-15-20-16(21-23-15)12-5-7-18-8-6-12/h1-8H,9-10H2,(H,19,22). The van der Waals surface area contributed by atoms with Crippen LogP contribution < -0.4 is 5.32 Å². The van der Waals surface area contributed by atoms with Gasteiger partial charge in [0, 0.05) is 22.4 Å². The Bertz CT molecular complexity index is 787. The molecule has 1 aromatic carbocycles. The highest BCUT2D eigenvalue weighted by Gasteiger charge is 2.10. The molecule has 0 unspecified atom stereocenters. The highest BCUT2D eigenvalue weighted by Crippen LogP contribution is 2.14. The van der Waals surface area contributed by atoms with E-state index >= 15 is 0 Å². The van der Waals surface area contributed by atoms with Crippen LogP contribution in [0, 0.1) is 0 Å². The van der Waals surface area contributed by atoms with E-state index in [1.807, 2.05) is 24.3 Å². The van der Waals surface area contributed by atoms with Gasteiger partial charge in [0.25, 0.3) is 0 Å². The van der Waals surface area contributed by atoms with E-state index in [0.717, 1.165) is 15.6 Å². The van der Waals surface area contributed by atoms with Crippen LogP contribution in [0.5, 0.6) is 0 Å². The first-order chi connectivity index (χ1) is 11.2. The number of nitrogens with zero attached hydrogens (tertiary/aromatic N) is 3. The zero-order valence-electron chi connectivity index (χ0n) is 12.1. The Balaban J connectivity index is 1.55.